The molecule has 0 spiro atoms. The van der Waals surface area contributed by atoms with E-state index in [1.54, 1.807) is 0 Å². The number of hydrogen-bond donors (Lipinski definition) is 0. The van der Waals surface area contributed by atoms with Crippen LogP contribution in [0.25, 0.3) is 0 Å². The first-order chi connectivity index (χ1) is 8.60. The summed E-state index contributed by atoms with van der Waals surface area (Å²) in [5.74, 6) is -1.15. The van der Waals surface area contributed by atoms with Crippen LogP contribution >= 0.6 is 0 Å². The van der Waals surface area contributed by atoms with E-state index in [1.807, 2.05) is 0 Å². The van der Waals surface area contributed by atoms with E-state index in [4.69, 9.17) is 4.74 Å². The van der Waals surface area contributed by atoms with Crippen LogP contribution in [-0.4, -0.2) is 31.8 Å². The molecule has 7 heteroatoms. The number of carbonyl (C=O) groups excluding carboxylic acids is 2. The second-order valence-electron chi connectivity index (χ2n) is 4.65. The number of unbranched alkanes of at least 4 members (excludes halogenated alkanes) is 1. The number of esters is 2. The maximum absolute atomic E-state index is 12.0. The minimum Gasteiger partial charge on any atom is -0.469 e. The first-order valence-electron chi connectivity index (χ1n) is 5.89. The van der Waals surface area contributed by atoms with Crippen molar-refractivity contribution in [3.8, 4) is 0 Å². The zero-order chi connectivity index (χ0) is 15.1. The predicted octanol–water partition coefficient (Wildman–Crippen LogP) is 2.85. The lowest BCUT2D eigenvalue weighted by atomic mass is 9.85. The molecule has 0 rings (SSSR count). The molecule has 0 aliphatic carbocycles. The van der Waals surface area contributed by atoms with Crippen molar-refractivity contribution in [2.45, 2.75) is 45.7 Å². The fourth-order valence-electron chi connectivity index (χ4n) is 1.58. The van der Waals surface area contributed by atoms with Gasteiger partial charge in [-0.2, -0.15) is 13.2 Å². The molecule has 0 N–H and O–H groups in total. The molecule has 0 amide bonds. The second kappa shape index (κ2) is 7.35. The molecule has 1 atom stereocenters. The van der Waals surface area contributed by atoms with E-state index in [0.29, 0.717) is 0 Å². The Kier molecular flexibility index (Phi) is 6.86. The van der Waals surface area contributed by atoms with E-state index in [2.05, 4.69) is 4.74 Å². The number of rotatable bonds is 7. The third-order valence-corrected chi connectivity index (χ3v) is 2.71. The summed E-state index contributed by atoms with van der Waals surface area (Å²) in [5, 5.41) is 0. The van der Waals surface area contributed by atoms with Crippen molar-refractivity contribution in [2.24, 2.45) is 5.41 Å². The van der Waals surface area contributed by atoms with Gasteiger partial charge in [-0.25, -0.2) is 0 Å². The van der Waals surface area contributed by atoms with Crippen molar-refractivity contribution in [1.29, 1.82) is 0 Å². The zero-order valence-electron chi connectivity index (χ0n) is 11.3. The summed E-state index contributed by atoms with van der Waals surface area (Å²) in [6.45, 7) is 2.51. The van der Waals surface area contributed by atoms with Crippen LogP contribution in [0.3, 0.4) is 0 Å². The maximum Gasteiger partial charge on any atom is 0.389 e. The summed E-state index contributed by atoms with van der Waals surface area (Å²) in [6, 6.07) is 0. The lowest BCUT2D eigenvalue weighted by Crippen LogP contribution is -2.34. The molecule has 0 heterocycles. The van der Waals surface area contributed by atoms with Crippen molar-refractivity contribution in [3.63, 3.8) is 0 Å². The van der Waals surface area contributed by atoms with Crippen LogP contribution in [0.5, 0.6) is 0 Å². The quantitative estimate of drug-likeness (QED) is 0.533. The molecule has 0 fully saturated rings. The van der Waals surface area contributed by atoms with Gasteiger partial charge in [0, 0.05) is 13.3 Å². The normalized spacial score (nSPS) is 14.6. The fraction of sp³-hybridized carbons (Fsp3) is 0.833. The molecule has 0 aliphatic heterocycles. The average molecular weight is 284 g/mol. The van der Waals surface area contributed by atoms with Crippen molar-refractivity contribution < 1.29 is 32.2 Å². The van der Waals surface area contributed by atoms with Crippen molar-refractivity contribution in [1.82, 2.24) is 0 Å². The minimum atomic E-state index is -4.20. The first kappa shape index (κ1) is 17.7. The van der Waals surface area contributed by atoms with Crippen LogP contribution in [0.1, 0.15) is 39.5 Å². The van der Waals surface area contributed by atoms with Gasteiger partial charge < -0.3 is 9.47 Å². The summed E-state index contributed by atoms with van der Waals surface area (Å²) < 4.78 is 45.3. The summed E-state index contributed by atoms with van der Waals surface area (Å²) in [7, 11) is 1.18. The second-order valence-corrected chi connectivity index (χ2v) is 4.65. The molecule has 4 nitrogen and oxygen atoms in total. The van der Waals surface area contributed by atoms with E-state index in [-0.39, 0.29) is 25.9 Å². The third-order valence-electron chi connectivity index (χ3n) is 2.71. The van der Waals surface area contributed by atoms with E-state index in [9.17, 15) is 22.8 Å². The Labute approximate surface area is 110 Å². The molecule has 0 aromatic rings. The van der Waals surface area contributed by atoms with E-state index in [1.165, 1.54) is 21.0 Å². The number of halogens is 3. The molecule has 112 valence electrons. The predicted molar refractivity (Wildman–Crippen MR) is 61.3 cm³/mol. The Bertz CT molecular complexity index is 315. The van der Waals surface area contributed by atoms with E-state index >= 15 is 0 Å². The summed E-state index contributed by atoms with van der Waals surface area (Å²) in [5.41, 5.74) is -1.11. The van der Waals surface area contributed by atoms with Crippen molar-refractivity contribution >= 4 is 11.9 Å². The minimum absolute atomic E-state index is 0.0733. The molecule has 0 bridgehead atoms. The zero-order valence-corrected chi connectivity index (χ0v) is 11.3. The lowest BCUT2D eigenvalue weighted by Gasteiger charge is -2.25. The standard InChI is InChI=1S/C12H19F3O4/c1-9(16)19-8-11(2,10(17)18-3)6-4-5-7-12(13,14)15/h4-8H2,1-3H3. The average Bonchev–Trinajstić information content (AvgIpc) is 2.30. The van der Waals surface area contributed by atoms with Crippen LogP contribution < -0.4 is 0 Å². The van der Waals surface area contributed by atoms with Gasteiger partial charge in [-0.1, -0.05) is 6.42 Å². The highest BCUT2D eigenvalue weighted by atomic mass is 19.4. The molecule has 1 unspecified atom stereocenters. The Hall–Kier alpha value is -1.27. The van der Waals surface area contributed by atoms with Crippen LogP contribution in [-0.2, 0) is 19.1 Å². The van der Waals surface area contributed by atoms with Gasteiger partial charge in [-0.3, -0.25) is 9.59 Å². The highest BCUT2D eigenvalue weighted by molar-refractivity contribution is 5.77. The number of carbonyl (C=O) groups is 2. The first-order valence-corrected chi connectivity index (χ1v) is 5.89. The van der Waals surface area contributed by atoms with Crippen molar-refractivity contribution in [3.05, 3.63) is 0 Å². The number of methoxy groups -OCH3 is 1. The van der Waals surface area contributed by atoms with Crippen molar-refractivity contribution in [2.75, 3.05) is 13.7 Å². The molecule has 0 saturated carbocycles. The smallest absolute Gasteiger partial charge is 0.389 e. The highest BCUT2D eigenvalue weighted by Crippen LogP contribution is 2.29. The maximum atomic E-state index is 12.0. The molecule has 0 saturated heterocycles. The van der Waals surface area contributed by atoms with Gasteiger partial charge in [0.05, 0.1) is 12.5 Å². The topological polar surface area (TPSA) is 52.6 Å². The highest BCUT2D eigenvalue weighted by Gasteiger charge is 2.36. The summed E-state index contributed by atoms with van der Waals surface area (Å²) in [6.07, 6.45) is -4.79. The Morgan fingerprint density at radius 3 is 2.05 bits per heavy atom. The van der Waals surface area contributed by atoms with Gasteiger partial charge in [0.25, 0.3) is 0 Å². The molecular weight excluding hydrogens is 265 g/mol. The molecule has 0 aromatic carbocycles. The van der Waals surface area contributed by atoms with Gasteiger partial charge >= 0.3 is 18.1 Å². The number of ether oxygens (including phenoxy) is 2. The molecule has 19 heavy (non-hydrogen) atoms. The van der Waals surface area contributed by atoms with E-state index in [0.717, 1.165) is 0 Å². The molecule has 0 aromatic heterocycles. The fourth-order valence-corrected chi connectivity index (χ4v) is 1.58. The molecule has 0 radical (unpaired) electrons. The van der Waals surface area contributed by atoms with Gasteiger partial charge in [0.1, 0.15) is 6.61 Å². The van der Waals surface area contributed by atoms with Gasteiger partial charge in [-0.05, 0) is 19.8 Å². The van der Waals surface area contributed by atoms with E-state index < -0.39 is 30.0 Å². The number of hydrogen-bond acceptors (Lipinski definition) is 4. The monoisotopic (exact) mass is 284 g/mol. The number of alkyl halides is 3. The van der Waals surface area contributed by atoms with Crippen LogP contribution in [0, 0.1) is 5.41 Å². The van der Waals surface area contributed by atoms with Gasteiger partial charge in [-0.15, -0.1) is 0 Å². The summed E-state index contributed by atoms with van der Waals surface area (Å²) >= 11 is 0. The Morgan fingerprint density at radius 1 is 1.11 bits per heavy atom. The van der Waals surface area contributed by atoms with Crippen LogP contribution in [0.15, 0.2) is 0 Å². The van der Waals surface area contributed by atoms with Crippen LogP contribution in [0.2, 0.25) is 0 Å². The molecule has 0 aliphatic rings. The lowest BCUT2D eigenvalue weighted by molar-refractivity contribution is -0.160. The van der Waals surface area contributed by atoms with Gasteiger partial charge in [0.2, 0.25) is 0 Å². The summed E-state index contributed by atoms with van der Waals surface area (Å²) in [4.78, 5) is 22.3. The van der Waals surface area contributed by atoms with Crippen LogP contribution in [0.4, 0.5) is 13.2 Å². The Morgan fingerprint density at radius 2 is 1.63 bits per heavy atom. The molecular formula is C12H19F3O4. The Balaban J connectivity index is 4.35. The van der Waals surface area contributed by atoms with Gasteiger partial charge in [0.15, 0.2) is 0 Å². The third kappa shape index (κ3) is 7.69. The largest absolute Gasteiger partial charge is 0.469 e. The SMILES string of the molecule is COC(=O)C(C)(CCCCC(F)(F)F)COC(C)=O.